The summed E-state index contributed by atoms with van der Waals surface area (Å²) >= 11 is 4.07. The van der Waals surface area contributed by atoms with E-state index in [0.29, 0.717) is 24.3 Å². The molecular formula is C15H27IN3O3S+. The molecule has 0 aromatic heterocycles. The first kappa shape index (κ1) is 18.3. The number of hydrogen-bond acceptors (Lipinski definition) is 5. The molecule has 132 valence electrons. The lowest BCUT2D eigenvalue weighted by Gasteiger charge is -2.35. The zero-order chi connectivity index (χ0) is 16.6. The van der Waals surface area contributed by atoms with Crippen molar-refractivity contribution in [1.29, 1.82) is 0 Å². The monoisotopic (exact) mass is 456 g/mol. The summed E-state index contributed by atoms with van der Waals surface area (Å²) in [5, 5.41) is 20.6. The molecule has 1 saturated heterocycles. The number of carbonyl (C=O) groups is 1. The van der Waals surface area contributed by atoms with E-state index in [9.17, 15) is 15.2 Å². The van der Waals surface area contributed by atoms with Crippen LogP contribution in [0.1, 0.15) is 44.9 Å². The first-order chi connectivity index (χ1) is 11.0. The van der Waals surface area contributed by atoms with Crippen LogP contribution < -0.4 is 15.9 Å². The number of nitrogens with one attached hydrogen (secondary N) is 2. The van der Waals surface area contributed by atoms with Crippen molar-refractivity contribution in [2.24, 2.45) is 11.7 Å². The maximum Gasteiger partial charge on any atom is 0.190 e. The molecule has 0 bridgehead atoms. The van der Waals surface area contributed by atoms with Crippen molar-refractivity contribution in [2.75, 3.05) is 6.54 Å². The van der Waals surface area contributed by atoms with E-state index in [1.807, 2.05) is 11.8 Å². The average Bonchev–Trinajstić information content (AvgIpc) is 2.83. The second kappa shape index (κ2) is 7.84. The number of ketones is 1. The number of hydroxylamine groups is 2. The van der Waals surface area contributed by atoms with Gasteiger partial charge in [0.1, 0.15) is 18.6 Å². The molecule has 8 heteroatoms. The van der Waals surface area contributed by atoms with Crippen molar-refractivity contribution in [3.63, 3.8) is 0 Å². The Bertz CT molecular complexity index is 442. The normalized spacial score (nSPS) is 45.5. The third kappa shape index (κ3) is 4.04. The molecule has 6 nitrogen and oxygen atoms in total. The summed E-state index contributed by atoms with van der Waals surface area (Å²) in [6, 6.07) is 0.140. The molecule has 3 aliphatic rings. The maximum absolute atomic E-state index is 12.8. The van der Waals surface area contributed by atoms with E-state index < -0.39 is 5.23 Å². The van der Waals surface area contributed by atoms with Crippen LogP contribution in [0.4, 0.5) is 0 Å². The number of hydrogen-bond donors (Lipinski definition) is 4. The second-order valence-corrected chi connectivity index (χ2v) is 10.2. The number of nitrogens with two attached hydrogens (primary N) is 1. The fourth-order valence-electron chi connectivity index (χ4n) is 4.43. The molecule has 23 heavy (non-hydrogen) atoms. The molecule has 0 spiro atoms. The number of thioether (sulfide) groups is 1. The molecule has 1 heterocycles. The molecule has 8 unspecified atom stereocenters. The molecule has 1 aliphatic heterocycles. The Morgan fingerprint density at radius 3 is 2.83 bits per heavy atom. The van der Waals surface area contributed by atoms with Crippen molar-refractivity contribution in [1.82, 2.24) is 0 Å². The molecular weight excluding hydrogens is 429 g/mol. The van der Waals surface area contributed by atoms with Crippen LogP contribution in [0, 0.1) is 11.1 Å². The number of rotatable bonds is 4. The van der Waals surface area contributed by atoms with Crippen LogP contribution in [0.2, 0.25) is 0 Å². The lowest BCUT2D eigenvalue weighted by Crippen LogP contribution is -3.19. The first-order valence-corrected chi connectivity index (χ1v) is 10.8. The van der Waals surface area contributed by atoms with Gasteiger partial charge in [0.15, 0.2) is 11.3 Å². The largest absolute Gasteiger partial charge is 0.600 e. The number of fused-ring (bicyclic) bond motifs is 1. The summed E-state index contributed by atoms with van der Waals surface area (Å²) in [5.41, 5.74) is 6.30. The highest BCUT2D eigenvalue weighted by Crippen LogP contribution is 2.33. The quantitative estimate of drug-likeness (QED) is 0.260. The van der Waals surface area contributed by atoms with Gasteiger partial charge < -0.3 is 10.1 Å². The number of carbonyl (C=O) groups excluding carboxylic acids is 1. The van der Waals surface area contributed by atoms with Crippen molar-refractivity contribution in [3.05, 3.63) is 5.21 Å². The van der Waals surface area contributed by atoms with Gasteiger partial charge in [0, 0.05) is 18.8 Å². The molecule has 2 aliphatic carbocycles. The van der Waals surface area contributed by atoms with Gasteiger partial charge in [-0.25, -0.2) is 10.4 Å². The van der Waals surface area contributed by atoms with Gasteiger partial charge in [-0.15, -0.1) is 0 Å². The summed E-state index contributed by atoms with van der Waals surface area (Å²) in [5.74, 6) is 0.145. The third-order valence-corrected chi connectivity index (χ3v) is 8.78. The van der Waals surface area contributed by atoms with Gasteiger partial charge in [-0.3, -0.25) is 10.5 Å². The van der Waals surface area contributed by atoms with Gasteiger partial charge in [0.05, 0.1) is 9.17 Å². The summed E-state index contributed by atoms with van der Waals surface area (Å²) in [7, 11) is 0. The molecule has 5 N–H and O–H groups in total. The Hall–Kier alpha value is 0.550. The van der Waals surface area contributed by atoms with Gasteiger partial charge in [0.25, 0.3) is 0 Å². The van der Waals surface area contributed by atoms with Crippen molar-refractivity contribution in [3.8, 4) is 0 Å². The minimum atomic E-state index is -0.755. The first-order valence-electron chi connectivity index (χ1n) is 8.63. The van der Waals surface area contributed by atoms with Gasteiger partial charge in [0.2, 0.25) is 0 Å². The topological polar surface area (TPSA) is 95.3 Å². The highest BCUT2D eigenvalue weighted by Gasteiger charge is 2.47. The zero-order valence-corrected chi connectivity index (χ0v) is 16.2. The van der Waals surface area contributed by atoms with E-state index in [1.54, 1.807) is 0 Å². The van der Waals surface area contributed by atoms with Gasteiger partial charge in [-0.1, -0.05) is 40.8 Å². The summed E-state index contributed by atoms with van der Waals surface area (Å²) in [4.78, 5) is 14.0. The van der Waals surface area contributed by atoms with E-state index in [4.69, 9.17) is 5.73 Å². The lowest BCUT2D eigenvalue weighted by atomic mass is 9.83. The van der Waals surface area contributed by atoms with Crippen LogP contribution in [0.25, 0.3) is 0 Å². The van der Waals surface area contributed by atoms with Gasteiger partial charge >= 0.3 is 0 Å². The van der Waals surface area contributed by atoms with Crippen molar-refractivity contribution in [2.45, 2.75) is 71.7 Å². The SMILES string of the molecule is NC1SC2CCCCC2[NH+]1CC(=O)C1CCC(I)C([NH+]([O-])O)C1. The predicted molar refractivity (Wildman–Crippen MR) is 97.5 cm³/mol. The summed E-state index contributed by atoms with van der Waals surface area (Å²) < 4.78 is 0.147. The number of Topliss-reactive ketones (excluding diaryl/α,β-unsaturated/α-hetero) is 1. The number of alkyl halides is 1. The molecule has 8 atom stereocenters. The molecule has 2 saturated carbocycles. The zero-order valence-electron chi connectivity index (χ0n) is 13.2. The van der Waals surface area contributed by atoms with E-state index in [0.717, 1.165) is 12.8 Å². The third-order valence-electron chi connectivity index (χ3n) is 5.78. The molecule has 0 radical (unpaired) electrons. The highest BCUT2D eigenvalue weighted by atomic mass is 127. The number of halogens is 1. The Morgan fingerprint density at radius 1 is 1.35 bits per heavy atom. The average molecular weight is 456 g/mol. The lowest BCUT2D eigenvalue weighted by molar-refractivity contribution is -1.07. The fraction of sp³-hybridized carbons (Fsp3) is 0.933. The molecule has 3 fully saturated rings. The minimum absolute atomic E-state index is 0.00300. The van der Waals surface area contributed by atoms with Crippen LogP contribution in [0.3, 0.4) is 0 Å². The van der Waals surface area contributed by atoms with Crippen LogP contribution in [-0.4, -0.2) is 44.3 Å². The Morgan fingerprint density at radius 2 is 2.09 bits per heavy atom. The highest BCUT2D eigenvalue weighted by molar-refractivity contribution is 14.1. The molecule has 3 rings (SSSR count). The predicted octanol–water partition coefficient (Wildman–Crippen LogP) is -0.515. The van der Waals surface area contributed by atoms with Crippen LogP contribution in [-0.2, 0) is 4.79 Å². The van der Waals surface area contributed by atoms with E-state index in [1.165, 1.54) is 30.6 Å². The molecule has 0 amide bonds. The van der Waals surface area contributed by atoms with Crippen LogP contribution >= 0.6 is 34.4 Å². The smallest absolute Gasteiger partial charge is 0.190 e. The Balaban J connectivity index is 1.60. The second-order valence-electron chi connectivity index (χ2n) is 7.17. The summed E-state index contributed by atoms with van der Waals surface area (Å²) in [6.45, 7) is 0.484. The maximum atomic E-state index is 12.8. The number of quaternary nitrogens is 2. The Kier molecular flexibility index (Phi) is 6.25. The fourth-order valence-corrected chi connectivity index (χ4v) is 7.00. The van der Waals surface area contributed by atoms with Crippen molar-refractivity contribution >= 4 is 40.1 Å². The molecule has 0 aromatic carbocycles. The molecule has 0 aromatic rings. The van der Waals surface area contributed by atoms with E-state index >= 15 is 0 Å². The van der Waals surface area contributed by atoms with Gasteiger partial charge in [-0.2, -0.15) is 0 Å². The van der Waals surface area contributed by atoms with E-state index in [2.05, 4.69) is 22.6 Å². The standard InChI is InChI=1S/C15H26IN3O3S/c16-10-6-5-9(7-12(10)19(21)22)13(20)8-18-11-3-1-2-4-14(11)23-15(18)17/h9-12,14-15,19,21H,1-8,17H2/p+1. The van der Waals surface area contributed by atoms with Gasteiger partial charge in [-0.05, 0) is 25.7 Å². The Labute approximate surface area is 155 Å². The van der Waals surface area contributed by atoms with Crippen LogP contribution in [0.15, 0.2) is 0 Å². The minimum Gasteiger partial charge on any atom is -0.600 e. The van der Waals surface area contributed by atoms with Crippen molar-refractivity contribution < 1.29 is 20.1 Å². The van der Waals surface area contributed by atoms with E-state index in [-0.39, 0.29) is 27.2 Å². The summed E-state index contributed by atoms with van der Waals surface area (Å²) in [6.07, 6.45) is 7.09. The van der Waals surface area contributed by atoms with Crippen LogP contribution in [0.5, 0.6) is 0 Å².